The zero-order valence-electron chi connectivity index (χ0n) is 16.3. The molecule has 2 heterocycles. The molecule has 2 N–H and O–H groups in total. The van der Waals surface area contributed by atoms with E-state index in [4.69, 9.17) is 0 Å². The SMILES string of the molecule is O=C(CCNc1ccccc1[N+](=O)[O-])Nc1ccc(N2CCc3sccc3C2)cc1. The van der Waals surface area contributed by atoms with Crippen LogP contribution < -0.4 is 15.5 Å². The summed E-state index contributed by atoms with van der Waals surface area (Å²) < 4.78 is 0. The summed E-state index contributed by atoms with van der Waals surface area (Å²) >= 11 is 1.83. The number of nitro groups is 1. The molecule has 0 saturated carbocycles. The summed E-state index contributed by atoms with van der Waals surface area (Å²) in [6.45, 7) is 2.23. The number of anilines is 3. The molecule has 2 aromatic carbocycles. The van der Waals surface area contributed by atoms with Crippen molar-refractivity contribution in [2.45, 2.75) is 19.4 Å². The van der Waals surface area contributed by atoms with Crippen molar-refractivity contribution < 1.29 is 9.72 Å². The van der Waals surface area contributed by atoms with Gasteiger partial charge in [0.25, 0.3) is 5.69 Å². The normalized spacial score (nSPS) is 12.9. The van der Waals surface area contributed by atoms with Gasteiger partial charge >= 0.3 is 0 Å². The van der Waals surface area contributed by atoms with Gasteiger partial charge in [-0.3, -0.25) is 14.9 Å². The molecule has 0 atom stereocenters. The Labute approximate surface area is 178 Å². The lowest BCUT2D eigenvalue weighted by Gasteiger charge is -2.29. The number of fused-ring (bicyclic) bond motifs is 1. The van der Waals surface area contributed by atoms with E-state index in [0.29, 0.717) is 12.2 Å². The lowest BCUT2D eigenvalue weighted by molar-refractivity contribution is -0.384. The zero-order chi connectivity index (χ0) is 20.9. The molecule has 4 rings (SSSR count). The van der Waals surface area contributed by atoms with E-state index in [1.807, 2.05) is 35.6 Å². The summed E-state index contributed by atoms with van der Waals surface area (Å²) in [6.07, 6.45) is 1.28. The Kier molecular flexibility index (Phi) is 5.94. The molecule has 1 aromatic heterocycles. The molecule has 0 aliphatic carbocycles. The number of benzene rings is 2. The molecule has 0 saturated heterocycles. The standard InChI is InChI=1S/C22H22N4O3S/c27-22(9-12-23-19-3-1-2-4-20(19)26(28)29)24-17-5-7-18(8-6-17)25-13-10-21-16(15-25)11-14-30-21/h1-8,11,14,23H,9-10,12-13,15H2,(H,24,27). The minimum absolute atomic E-state index is 0.000724. The predicted octanol–water partition coefficient (Wildman–Crippen LogP) is 4.66. The van der Waals surface area contributed by atoms with Crippen LogP contribution in [0, 0.1) is 10.1 Å². The number of nitro benzene ring substituents is 1. The third-order valence-electron chi connectivity index (χ3n) is 5.09. The Morgan fingerprint density at radius 2 is 1.93 bits per heavy atom. The minimum atomic E-state index is -0.439. The summed E-state index contributed by atoms with van der Waals surface area (Å²) in [5, 5.41) is 19.0. The maximum atomic E-state index is 12.2. The lowest BCUT2D eigenvalue weighted by atomic mass is 10.1. The fourth-order valence-electron chi connectivity index (χ4n) is 3.54. The van der Waals surface area contributed by atoms with Crippen LogP contribution in [0.5, 0.6) is 0 Å². The molecular weight excluding hydrogens is 400 g/mol. The van der Waals surface area contributed by atoms with Crippen LogP contribution in [0.2, 0.25) is 0 Å². The molecule has 0 unspecified atom stereocenters. The van der Waals surface area contributed by atoms with E-state index in [1.165, 1.54) is 16.5 Å². The maximum Gasteiger partial charge on any atom is 0.292 e. The van der Waals surface area contributed by atoms with Crippen molar-refractivity contribution in [2.75, 3.05) is 28.6 Å². The number of nitrogens with zero attached hydrogens (tertiary/aromatic N) is 2. The van der Waals surface area contributed by atoms with Gasteiger partial charge in [0.05, 0.1) is 4.92 Å². The van der Waals surface area contributed by atoms with E-state index in [0.717, 1.165) is 30.9 Å². The van der Waals surface area contributed by atoms with Gasteiger partial charge in [-0.05, 0) is 53.8 Å². The number of hydrogen-bond acceptors (Lipinski definition) is 6. The van der Waals surface area contributed by atoms with Gasteiger partial charge in [0.15, 0.2) is 0 Å². The van der Waals surface area contributed by atoms with Gasteiger partial charge in [-0.1, -0.05) is 12.1 Å². The van der Waals surface area contributed by atoms with Crippen LogP contribution in [0.25, 0.3) is 0 Å². The van der Waals surface area contributed by atoms with Crippen LogP contribution in [0.1, 0.15) is 16.9 Å². The molecule has 30 heavy (non-hydrogen) atoms. The molecule has 1 aliphatic heterocycles. The average Bonchev–Trinajstić information content (AvgIpc) is 3.22. The molecule has 0 radical (unpaired) electrons. The molecule has 0 bridgehead atoms. The van der Waals surface area contributed by atoms with Crippen molar-refractivity contribution in [3.63, 3.8) is 0 Å². The maximum absolute atomic E-state index is 12.2. The van der Waals surface area contributed by atoms with Crippen molar-refractivity contribution in [1.29, 1.82) is 0 Å². The van der Waals surface area contributed by atoms with Crippen LogP contribution in [0.3, 0.4) is 0 Å². The summed E-state index contributed by atoms with van der Waals surface area (Å²) in [5.41, 5.74) is 3.69. The monoisotopic (exact) mass is 422 g/mol. The molecular formula is C22H22N4O3S. The lowest BCUT2D eigenvalue weighted by Crippen LogP contribution is -2.29. The Morgan fingerprint density at radius 3 is 2.73 bits per heavy atom. The smallest absolute Gasteiger partial charge is 0.292 e. The van der Waals surface area contributed by atoms with Crippen molar-refractivity contribution >= 4 is 40.0 Å². The summed E-state index contributed by atoms with van der Waals surface area (Å²) in [7, 11) is 0. The minimum Gasteiger partial charge on any atom is -0.379 e. The van der Waals surface area contributed by atoms with E-state index >= 15 is 0 Å². The van der Waals surface area contributed by atoms with Gasteiger partial charge < -0.3 is 15.5 Å². The van der Waals surface area contributed by atoms with Crippen molar-refractivity contribution in [3.8, 4) is 0 Å². The second-order valence-corrected chi connectivity index (χ2v) is 8.09. The van der Waals surface area contributed by atoms with Gasteiger partial charge in [0.2, 0.25) is 5.91 Å². The van der Waals surface area contributed by atoms with Gasteiger partial charge in [-0.15, -0.1) is 11.3 Å². The quantitative estimate of drug-likeness (QED) is 0.427. The summed E-state index contributed by atoms with van der Waals surface area (Å²) in [6, 6.07) is 16.5. The highest BCUT2D eigenvalue weighted by Crippen LogP contribution is 2.28. The first-order chi connectivity index (χ1) is 14.6. The number of carbonyl (C=O) groups is 1. The van der Waals surface area contributed by atoms with E-state index in [9.17, 15) is 14.9 Å². The third-order valence-corrected chi connectivity index (χ3v) is 6.12. The third kappa shape index (κ3) is 4.60. The zero-order valence-corrected chi connectivity index (χ0v) is 17.2. The predicted molar refractivity (Wildman–Crippen MR) is 120 cm³/mol. The van der Waals surface area contributed by atoms with Crippen LogP contribution in [-0.4, -0.2) is 23.9 Å². The van der Waals surface area contributed by atoms with Crippen LogP contribution >= 0.6 is 11.3 Å². The Balaban J connectivity index is 1.28. The Morgan fingerprint density at radius 1 is 1.13 bits per heavy atom. The topological polar surface area (TPSA) is 87.5 Å². The van der Waals surface area contributed by atoms with Gasteiger partial charge in [0.1, 0.15) is 5.69 Å². The van der Waals surface area contributed by atoms with Crippen LogP contribution in [0.4, 0.5) is 22.7 Å². The first-order valence-corrected chi connectivity index (χ1v) is 10.7. The van der Waals surface area contributed by atoms with E-state index in [2.05, 4.69) is 27.0 Å². The number of rotatable bonds is 7. The van der Waals surface area contributed by atoms with Crippen LogP contribution in [0.15, 0.2) is 60.0 Å². The molecule has 1 amide bonds. The van der Waals surface area contributed by atoms with E-state index in [1.54, 1.807) is 18.2 Å². The average molecular weight is 423 g/mol. The van der Waals surface area contributed by atoms with Gasteiger partial charge in [-0.2, -0.15) is 0 Å². The molecule has 0 spiro atoms. The summed E-state index contributed by atoms with van der Waals surface area (Å²) in [5.74, 6) is -0.144. The molecule has 1 aliphatic rings. The van der Waals surface area contributed by atoms with Crippen molar-refractivity contribution in [3.05, 3.63) is 80.5 Å². The Bertz CT molecular complexity index is 1050. The molecule has 8 heteroatoms. The highest BCUT2D eigenvalue weighted by Gasteiger charge is 2.17. The highest BCUT2D eigenvalue weighted by atomic mass is 32.1. The number of nitrogens with one attached hydrogen (secondary N) is 2. The Hall–Kier alpha value is -3.39. The number of hydrogen-bond donors (Lipinski definition) is 2. The van der Waals surface area contributed by atoms with E-state index in [-0.39, 0.29) is 18.0 Å². The van der Waals surface area contributed by atoms with Gasteiger partial charge in [0, 0.05) is 48.4 Å². The van der Waals surface area contributed by atoms with Crippen molar-refractivity contribution in [2.24, 2.45) is 0 Å². The van der Waals surface area contributed by atoms with E-state index < -0.39 is 4.92 Å². The number of para-hydroxylation sites is 2. The van der Waals surface area contributed by atoms with Gasteiger partial charge in [-0.25, -0.2) is 0 Å². The van der Waals surface area contributed by atoms with Crippen LogP contribution in [-0.2, 0) is 17.8 Å². The fourth-order valence-corrected chi connectivity index (χ4v) is 4.43. The number of carbonyl (C=O) groups excluding carboxylic acids is 1. The highest BCUT2D eigenvalue weighted by molar-refractivity contribution is 7.10. The largest absolute Gasteiger partial charge is 0.379 e. The summed E-state index contributed by atoms with van der Waals surface area (Å²) in [4.78, 5) is 26.6. The molecule has 154 valence electrons. The molecule has 3 aromatic rings. The second-order valence-electron chi connectivity index (χ2n) is 7.09. The number of amides is 1. The fraction of sp³-hybridized carbons (Fsp3) is 0.227. The van der Waals surface area contributed by atoms with Crippen molar-refractivity contribution in [1.82, 2.24) is 0 Å². The first-order valence-electron chi connectivity index (χ1n) is 9.77. The first kappa shape index (κ1) is 19.9. The number of thiophene rings is 1. The second kappa shape index (κ2) is 8.96. The molecule has 7 nitrogen and oxygen atoms in total. The molecule has 0 fully saturated rings.